The highest BCUT2D eigenvalue weighted by Gasteiger charge is 2.23. The first kappa shape index (κ1) is 24.5. The van der Waals surface area contributed by atoms with Gasteiger partial charge in [0.25, 0.3) is 0 Å². The van der Waals surface area contributed by atoms with Gasteiger partial charge in [-0.05, 0) is 69.0 Å². The SMILES string of the molecule is COc1ccc(NC(=O)[C@H](C)NS(=O)(=O)c2ccc(NC(C)=O)cc2)cc1OC1CCCC1. The Morgan fingerprint density at radius 2 is 1.61 bits per heavy atom. The molecule has 0 unspecified atom stereocenters. The van der Waals surface area contributed by atoms with Gasteiger partial charge >= 0.3 is 0 Å². The average Bonchev–Trinajstić information content (AvgIpc) is 3.26. The van der Waals surface area contributed by atoms with Crippen molar-refractivity contribution in [1.82, 2.24) is 4.72 Å². The van der Waals surface area contributed by atoms with Gasteiger partial charge < -0.3 is 20.1 Å². The molecular formula is C23H29N3O6S. The third-order valence-electron chi connectivity index (χ3n) is 5.24. The van der Waals surface area contributed by atoms with E-state index >= 15 is 0 Å². The zero-order chi connectivity index (χ0) is 24.0. The minimum atomic E-state index is -3.94. The van der Waals surface area contributed by atoms with Crippen molar-refractivity contribution in [2.45, 2.75) is 56.6 Å². The van der Waals surface area contributed by atoms with Gasteiger partial charge in [0.05, 0.1) is 24.2 Å². The van der Waals surface area contributed by atoms with Gasteiger partial charge in [-0.3, -0.25) is 9.59 Å². The van der Waals surface area contributed by atoms with Crippen LogP contribution in [0.4, 0.5) is 11.4 Å². The third kappa shape index (κ3) is 6.69. The van der Waals surface area contributed by atoms with E-state index in [0.717, 1.165) is 25.7 Å². The highest BCUT2D eigenvalue weighted by Crippen LogP contribution is 2.34. The summed E-state index contributed by atoms with van der Waals surface area (Å²) in [5.41, 5.74) is 0.946. The topological polar surface area (TPSA) is 123 Å². The van der Waals surface area contributed by atoms with Crippen LogP contribution >= 0.6 is 0 Å². The molecule has 1 atom stereocenters. The molecule has 33 heavy (non-hydrogen) atoms. The van der Waals surface area contributed by atoms with E-state index in [2.05, 4.69) is 15.4 Å². The van der Waals surface area contributed by atoms with E-state index in [0.29, 0.717) is 22.9 Å². The Bertz CT molecular complexity index is 1100. The maximum atomic E-state index is 12.6. The standard InChI is InChI=1S/C23H29N3O6S/c1-15(26-33(29,30)20-11-8-17(9-12-20)24-16(2)27)23(28)25-18-10-13-21(31-3)22(14-18)32-19-6-4-5-7-19/h8-15,19,26H,4-7H2,1-3H3,(H,24,27)(H,25,28)/t15-/m0/s1. The fraction of sp³-hybridized carbons (Fsp3) is 0.391. The molecule has 0 radical (unpaired) electrons. The third-order valence-corrected chi connectivity index (χ3v) is 6.79. The average molecular weight is 476 g/mol. The monoisotopic (exact) mass is 475 g/mol. The van der Waals surface area contributed by atoms with Gasteiger partial charge in [0.15, 0.2) is 11.5 Å². The fourth-order valence-corrected chi connectivity index (χ4v) is 4.76. The molecule has 3 rings (SSSR count). The summed E-state index contributed by atoms with van der Waals surface area (Å²) < 4.78 is 39.1. The van der Waals surface area contributed by atoms with Crippen LogP contribution in [0.15, 0.2) is 47.4 Å². The Balaban J connectivity index is 1.65. The van der Waals surface area contributed by atoms with Gasteiger partial charge in [0, 0.05) is 24.4 Å². The first-order valence-electron chi connectivity index (χ1n) is 10.7. The lowest BCUT2D eigenvalue weighted by Crippen LogP contribution is -2.41. The molecule has 1 aliphatic carbocycles. The number of amides is 2. The fourth-order valence-electron chi connectivity index (χ4n) is 3.56. The molecule has 0 spiro atoms. The number of hydrogen-bond donors (Lipinski definition) is 3. The number of benzene rings is 2. The summed E-state index contributed by atoms with van der Waals surface area (Å²) in [5.74, 6) is 0.320. The Labute approximate surface area is 193 Å². The van der Waals surface area contributed by atoms with Crippen LogP contribution in [0.1, 0.15) is 39.5 Å². The number of carbonyl (C=O) groups excluding carboxylic acids is 2. The van der Waals surface area contributed by atoms with E-state index in [4.69, 9.17) is 9.47 Å². The second-order valence-electron chi connectivity index (χ2n) is 7.93. The number of ether oxygens (including phenoxy) is 2. The predicted octanol–water partition coefficient (Wildman–Crippen LogP) is 3.28. The maximum absolute atomic E-state index is 12.6. The van der Waals surface area contributed by atoms with E-state index in [-0.39, 0.29) is 16.9 Å². The molecule has 0 heterocycles. The number of nitrogens with one attached hydrogen (secondary N) is 3. The molecule has 9 nitrogen and oxygen atoms in total. The number of rotatable bonds is 9. The first-order valence-corrected chi connectivity index (χ1v) is 12.2. The van der Waals surface area contributed by atoms with Gasteiger partial charge in [-0.25, -0.2) is 8.42 Å². The molecular weight excluding hydrogens is 446 g/mol. The minimum Gasteiger partial charge on any atom is -0.493 e. The Morgan fingerprint density at radius 1 is 0.970 bits per heavy atom. The molecule has 0 aromatic heterocycles. The van der Waals surface area contributed by atoms with Crippen molar-refractivity contribution in [1.29, 1.82) is 0 Å². The number of methoxy groups -OCH3 is 1. The van der Waals surface area contributed by atoms with Crippen LogP contribution in [-0.2, 0) is 19.6 Å². The van der Waals surface area contributed by atoms with E-state index in [1.54, 1.807) is 25.3 Å². The van der Waals surface area contributed by atoms with Crippen molar-refractivity contribution in [3.8, 4) is 11.5 Å². The first-order chi connectivity index (χ1) is 15.7. The summed E-state index contributed by atoms with van der Waals surface area (Å²) in [4.78, 5) is 23.7. The normalized spacial score (nSPS) is 15.0. The second-order valence-corrected chi connectivity index (χ2v) is 9.64. The van der Waals surface area contributed by atoms with Gasteiger partial charge in [-0.15, -0.1) is 0 Å². The van der Waals surface area contributed by atoms with E-state index in [9.17, 15) is 18.0 Å². The summed E-state index contributed by atoms with van der Waals surface area (Å²) in [5, 5.41) is 5.28. The zero-order valence-electron chi connectivity index (χ0n) is 18.9. The van der Waals surface area contributed by atoms with Crippen molar-refractivity contribution in [2.75, 3.05) is 17.7 Å². The quantitative estimate of drug-likeness (QED) is 0.512. The minimum absolute atomic E-state index is 0.0204. The number of sulfonamides is 1. The van der Waals surface area contributed by atoms with Crippen LogP contribution < -0.4 is 24.8 Å². The van der Waals surface area contributed by atoms with Crippen LogP contribution in [0.5, 0.6) is 11.5 Å². The lowest BCUT2D eigenvalue weighted by Gasteiger charge is -2.18. The van der Waals surface area contributed by atoms with Gasteiger partial charge in [0.1, 0.15) is 0 Å². The Hall–Kier alpha value is -3.11. The van der Waals surface area contributed by atoms with Crippen LogP contribution in [0.25, 0.3) is 0 Å². The van der Waals surface area contributed by atoms with Gasteiger partial charge in [-0.1, -0.05) is 0 Å². The van der Waals surface area contributed by atoms with Crippen molar-refractivity contribution in [3.05, 3.63) is 42.5 Å². The molecule has 0 bridgehead atoms. The molecule has 178 valence electrons. The lowest BCUT2D eigenvalue weighted by molar-refractivity contribution is -0.117. The zero-order valence-corrected chi connectivity index (χ0v) is 19.7. The predicted molar refractivity (Wildman–Crippen MR) is 125 cm³/mol. The largest absolute Gasteiger partial charge is 0.493 e. The molecule has 2 amide bonds. The van der Waals surface area contributed by atoms with E-state index < -0.39 is 22.0 Å². The lowest BCUT2D eigenvalue weighted by atomic mass is 10.2. The van der Waals surface area contributed by atoms with Crippen LogP contribution in [0.3, 0.4) is 0 Å². The number of carbonyl (C=O) groups is 2. The van der Waals surface area contributed by atoms with Crippen LogP contribution in [0, 0.1) is 0 Å². The van der Waals surface area contributed by atoms with Crippen molar-refractivity contribution >= 4 is 33.2 Å². The molecule has 1 fully saturated rings. The smallest absolute Gasteiger partial charge is 0.242 e. The molecule has 2 aromatic carbocycles. The van der Waals surface area contributed by atoms with Crippen LogP contribution in [0.2, 0.25) is 0 Å². The van der Waals surface area contributed by atoms with Crippen molar-refractivity contribution < 1.29 is 27.5 Å². The Morgan fingerprint density at radius 3 is 2.21 bits per heavy atom. The molecule has 0 aliphatic heterocycles. The van der Waals surface area contributed by atoms with Crippen molar-refractivity contribution in [2.24, 2.45) is 0 Å². The summed E-state index contributed by atoms with van der Waals surface area (Å²) in [7, 11) is -2.39. The highest BCUT2D eigenvalue weighted by atomic mass is 32.2. The Kier molecular flexibility index (Phi) is 7.93. The molecule has 0 saturated heterocycles. The second kappa shape index (κ2) is 10.7. The maximum Gasteiger partial charge on any atom is 0.242 e. The summed E-state index contributed by atoms with van der Waals surface area (Å²) in [6.07, 6.45) is 4.32. The number of anilines is 2. The molecule has 1 saturated carbocycles. The summed E-state index contributed by atoms with van der Waals surface area (Å²) in [6, 6.07) is 9.67. The van der Waals surface area contributed by atoms with Gasteiger partial charge in [-0.2, -0.15) is 4.72 Å². The highest BCUT2D eigenvalue weighted by molar-refractivity contribution is 7.89. The van der Waals surface area contributed by atoms with E-state index in [1.807, 2.05) is 0 Å². The molecule has 10 heteroatoms. The van der Waals surface area contributed by atoms with Crippen molar-refractivity contribution in [3.63, 3.8) is 0 Å². The molecule has 3 N–H and O–H groups in total. The summed E-state index contributed by atoms with van der Waals surface area (Å²) >= 11 is 0. The molecule has 1 aliphatic rings. The van der Waals surface area contributed by atoms with E-state index in [1.165, 1.54) is 38.1 Å². The summed E-state index contributed by atoms with van der Waals surface area (Å²) in [6.45, 7) is 2.82. The molecule has 2 aromatic rings. The van der Waals surface area contributed by atoms with Gasteiger partial charge in [0.2, 0.25) is 21.8 Å². The number of hydrogen-bond acceptors (Lipinski definition) is 6. The van der Waals surface area contributed by atoms with Crippen LogP contribution in [-0.4, -0.2) is 39.5 Å².